The summed E-state index contributed by atoms with van der Waals surface area (Å²) in [6.07, 6.45) is 11.0. The third-order valence-corrected chi connectivity index (χ3v) is 7.20. The molecule has 2 nitrogen and oxygen atoms in total. The molecule has 0 radical (unpaired) electrons. The van der Waals surface area contributed by atoms with E-state index < -0.39 is 0 Å². The Balaban J connectivity index is 2.48. The van der Waals surface area contributed by atoms with Crippen LogP contribution in [0.25, 0.3) is 0 Å². The molecule has 0 saturated carbocycles. The van der Waals surface area contributed by atoms with Crippen molar-refractivity contribution < 1.29 is 9.16 Å². The van der Waals surface area contributed by atoms with E-state index in [0.29, 0.717) is 12.5 Å². The molecular formula is C26H48O2Si. The van der Waals surface area contributed by atoms with Crippen LogP contribution in [-0.4, -0.2) is 22.2 Å². The second kappa shape index (κ2) is 12.9. The molecule has 0 N–H and O–H groups in total. The molecule has 0 fully saturated rings. The van der Waals surface area contributed by atoms with E-state index in [1.165, 1.54) is 62.5 Å². The Morgan fingerprint density at radius 2 is 1.41 bits per heavy atom. The molecule has 29 heavy (non-hydrogen) atoms. The van der Waals surface area contributed by atoms with Crippen molar-refractivity contribution in [3.05, 3.63) is 35.4 Å². The second-order valence-corrected chi connectivity index (χ2v) is 10.8. The number of hydrogen-bond acceptors (Lipinski definition) is 2. The van der Waals surface area contributed by atoms with Gasteiger partial charge in [0.05, 0.1) is 18.3 Å². The quantitative estimate of drug-likeness (QED) is 0.240. The van der Waals surface area contributed by atoms with Gasteiger partial charge in [0.2, 0.25) is 0 Å². The predicted octanol–water partition coefficient (Wildman–Crippen LogP) is 6.94. The van der Waals surface area contributed by atoms with E-state index in [9.17, 15) is 0 Å². The van der Waals surface area contributed by atoms with Crippen molar-refractivity contribution in [1.29, 1.82) is 0 Å². The van der Waals surface area contributed by atoms with Gasteiger partial charge >= 0.3 is 0 Å². The Morgan fingerprint density at radius 1 is 0.862 bits per heavy atom. The van der Waals surface area contributed by atoms with E-state index in [0.717, 1.165) is 10.5 Å². The third-order valence-electron chi connectivity index (χ3n) is 6.15. The molecular weight excluding hydrogens is 372 g/mol. The lowest BCUT2D eigenvalue weighted by atomic mass is 9.80. The van der Waals surface area contributed by atoms with E-state index >= 15 is 0 Å². The molecule has 168 valence electrons. The van der Waals surface area contributed by atoms with Crippen molar-refractivity contribution in [3.63, 3.8) is 0 Å². The van der Waals surface area contributed by atoms with Crippen molar-refractivity contribution in [2.24, 2.45) is 5.41 Å². The standard InChI is InChI=1S/C26H48O2Si/c1-8-9-10-11-12-13-14-15-21(2)23-18-16-22(17-19-23)20-27-24(25(3,4)5)26(6,7)28-29/h16-19,21,24H,8-15,20H2,1-7,29H3. The summed E-state index contributed by atoms with van der Waals surface area (Å²) in [7, 11) is 0.723. The van der Waals surface area contributed by atoms with Gasteiger partial charge in [0.1, 0.15) is 10.5 Å². The van der Waals surface area contributed by atoms with Crippen LogP contribution >= 0.6 is 0 Å². The van der Waals surface area contributed by atoms with Crippen molar-refractivity contribution in [2.45, 2.75) is 124 Å². The molecule has 1 aromatic carbocycles. The van der Waals surface area contributed by atoms with Crippen LogP contribution in [0.3, 0.4) is 0 Å². The van der Waals surface area contributed by atoms with E-state index in [1.807, 2.05) is 0 Å². The van der Waals surface area contributed by atoms with Crippen LogP contribution in [0.5, 0.6) is 0 Å². The van der Waals surface area contributed by atoms with Crippen molar-refractivity contribution >= 4 is 10.5 Å². The number of hydrogen-bond donors (Lipinski definition) is 0. The fraction of sp³-hybridized carbons (Fsp3) is 0.769. The smallest absolute Gasteiger partial charge is 0.146 e. The zero-order chi connectivity index (χ0) is 21.9. The average molecular weight is 421 g/mol. The van der Waals surface area contributed by atoms with E-state index in [1.54, 1.807) is 0 Å². The zero-order valence-corrected chi connectivity index (χ0v) is 22.6. The van der Waals surface area contributed by atoms with Gasteiger partial charge in [0.15, 0.2) is 0 Å². The molecule has 1 aromatic rings. The minimum absolute atomic E-state index is 0.0406. The molecule has 0 bridgehead atoms. The SMILES string of the molecule is CCCCCCCCCC(C)c1ccc(COC(C(C)(C)C)C(C)(C)O[SiH3])cc1. The van der Waals surface area contributed by atoms with Crippen molar-refractivity contribution in [2.75, 3.05) is 0 Å². The molecule has 1 rings (SSSR count). The summed E-state index contributed by atoms with van der Waals surface area (Å²) in [4.78, 5) is 0. The van der Waals surface area contributed by atoms with Gasteiger partial charge in [0.25, 0.3) is 0 Å². The molecule has 2 atom stereocenters. The second-order valence-electron chi connectivity index (χ2n) is 10.4. The van der Waals surface area contributed by atoms with Gasteiger partial charge in [-0.05, 0) is 42.7 Å². The fourth-order valence-corrected chi connectivity index (χ4v) is 4.51. The Kier molecular flexibility index (Phi) is 11.8. The Labute approximate surface area is 184 Å². The van der Waals surface area contributed by atoms with E-state index in [2.05, 4.69) is 72.7 Å². The first kappa shape index (κ1) is 26.4. The van der Waals surface area contributed by atoms with Crippen LogP contribution in [0.1, 0.15) is 117 Å². The highest BCUT2D eigenvalue weighted by molar-refractivity contribution is 5.98. The van der Waals surface area contributed by atoms with Crippen molar-refractivity contribution in [3.8, 4) is 0 Å². The summed E-state index contributed by atoms with van der Waals surface area (Å²) in [5.41, 5.74) is 2.49. The molecule has 0 saturated heterocycles. The summed E-state index contributed by atoms with van der Waals surface area (Å²) in [5.74, 6) is 0.639. The van der Waals surface area contributed by atoms with Gasteiger partial charge in [-0.25, -0.2) is 0 Å². The molecule has 0 aliphatic rings. The average Bonchev–Trinajstić information content (AvgIpc) is 2.66. The van der Waals surface area contributed by atoms with Gasteiger partial charge in [-0.3, -0.25) is 0 Å². The largest absolute Gasteiger partial charge is 0.420 e. The molecule has 0 heterocycles. The summed E-state index contributed by atoms with van der Waals surface area (Å²) in [6.45, 7) is 16.3. The number of ether oxygens (including phenoxy) is 1. The maximum absolute atomic E-state index is 6.37. The molecule has 0 aliphatic carbocycles. The maximum atomic E-state index is 6.37. The number of rotatable bonds is 14. The normalized spacial score (nSPS) is 14.9. The van der Waals surface area contributed by atoms with Crippen LogP contribution in [0, 0.1) is 5.41 Å². The highest BCUT2D eigenvalue weighted by atomic mass is 28.2. The molecule has 0 aliphatic heterocycles. The molecule has 0 spiro atoms. The fourth-order valence-electron chi connectivity index (χ4n) is 4.30. The highest BCUT2D eigenvalue weighted by Gasteiger charge is 2.38. The third kappa shape index (κ3) is 9.80. The topological polar surface area (TPSA) is 18.5 Å². The van der Waals surface area contributed by atoms with E-state index in [-0.39, 0.29) is 17.1 Å². The first-order valence-electron chi connectivity index (χ1n) is 11.9. The highest BCUT2D eigenvalue weighted by Crippen LogP contribution is 2.33. The summed E-state index contributed by atoms with van der Waals surface area (Å²) in [6, 6.07) is 9.08. The summed E-state index contributed by atoms with van der Waals surface area (Å²) in [5, 5.41) is 0. The van der Waals surface area contributed by atoms with Crippen molar-refractivity contribution in [1.82, 2.24) is 0 Å². The monoisotopic (exact) mass is 420 g/mol. The summed E-state index contributed by atoms with van der Waals surface area (Å²) >= 11 is 0. The molecule has 3 heteroatoms. The van der Waals surface area contributed by atoms with Crippen LogP contribution < -0.4 is 0 Å². The Morgan fingerprint density at radius 3 is 1.93 bits per heavy atom. The lowest BCUT2D eigenvalue weighted by Crippen LogP contribution is -2.48. The van der Waals surface area contributed by atoms with Crippen LogP contribution in [0.4, 0.5) is 0 Å². The summed E-state index contributed by atoms with van der Waals surface area (Å²) < 4.78 is 12.2. The van der Waals surface area contributed by atoms with Crippen LogP contribution in [0.15, 0.2) is 24.3 Å². The molecule has 2 unspecified atom stereocenters. The zero-order valence-electron chi connectivity index (χ0n) is 20.6. The molecule has 0 aromatic heterocycles. The van der Waals surface area contributed by atoms with Crippen LogP contribution in [-0.2, 0) is 15.8 Å². The first-order valence-corrected chi connectivity index (χ1v) is 12.7. The van der Waals surface area contributed by atoms with Gasteiger partial charge in [-0.1, -0.05) is 104 Å². The van der Waals surface area contributed by atoms with Crippen LogP contribution in [0.2, 0.25) is 0 Å². The predicted molar refractivity (Wildman–Crippen MR) is 131 cm³/mol. The minimum Gasteiger partial charge on any atom is -0.420 e. The lowest BCUT2D eigenvalue weighted by Gasteiger charge is -2.42. The van der Waals surface area contributed by atoms with Gasteiger partial charge in [0, 0.05) is 0 Å². The van der Waals surface area contributed by atoms with Gasteiger partial charge in [-0.15, -0.1) is 0 Å². The minimum atomic E-state index is -0.254. The lowest BCUT2D eigenvalue weighted by molar-refractivity contribution is -0.128. The Bertz CT molecular complexity index is 545. The number of benzene rings is 1. The molecule has 0 amide bonds. The van der Waals surface area contributed by atoms with Gasteiger partial charge < -0.3 is 9.16 Å². The first-order chi connectivity index (χ1) is 13.6. The number of unbranched alkanes of at least 4 members (excludes halogenated alkanes) is 6. The maximum Gasteiger partial charge on any atom is 0.146 e. The Hall–Kier alpha value is -0.643. The van der Waals surface area contributed by atoms with E-state index in [4.69, 9.17) is 9.16 Å². The van der Waals surface area contributed by atoms with Gasteiger partial charge in [-0.2, -0.15) is 0 Å².